The smallest absolute Gasteiger partial charge is 0.409 e. The fourth-order valence-electron chi connectivity index (χ4n) is 7.76. The molecule has 2 fully saturated rings. The summed E-state index contributed by atoms with van der Waals surface area (Å²) in [7, 11) is 8.57. The van der Waals surface area contributed by atoms with Crippen molar-refractivity contribution >= 4 is 74.5 Å². The van der Waals surface area contributed by atoms with Gasteiger partial charge in [-0.1, -0.05) is 63.9 Å². The van der Waals surface area contributed by atoms with Gasteiger partial charge in [0, 0.05) is 56.9 Å². The van der Waals surface area contributed by atoms with E-state index in [1.807, 2.05) is 26.8 Å². The Bertz CT molecular complexity index is 2010. The van der Waals surface area contributed by atoms with Gasteiger partial charge in [-0.05, 0) is 65.2 Å². The Morgan fingerprint density at radius 3 is 2.52 bits per heavy atom. The van der Waals surface area contributed by atoms with Gasteiger partial charge in [0.25, 0.3) is 0 Å². The Hall–Kier alpha value is -3.89. The van der Waals surface area contributed by atoms with Gasteiger partial charge < -0.3 is 43.7 Å². The number of allylic oxidation sites excluding steroid dienone is 3. The molecule has 0 saturated carbocycles. The standard InChI is InChI=1S/C44H63ClN4O14S2/c1-24-12-11-13-33(59-10)44(57)21-32(61-41(56)47-44)25(2)38-43(6,63-38)34(20-36(52)49(8)30-17-27(16-24)18-31(58-9)37(30)45)62-40(55)26(3)48(7)35(51)14-15-42(4,5)65-64-23-28(39(53)54)19-29(50)22-60-46/h11-13,17-18,25-26,28,32-34,38,57H,14-16,19-23,46H2,1-10H3,(H,47,56)(H,53,54)/b13-11+,24-12+. The van der Waals surface area contributed by atoms with Crippen LogP contribution in [0.5, 0.6) is 5.75 Å². The molecule has 1 aromatic carbocycles. The van der Waals surface area contributed by atoms with Crippen LogP contribution in [-0.4, -0.2) is 138 Å². The maximum Gasteiger partial charge on any atom is 0.409 e. The zero-order valence-corrected chi connectivity index (χ0v) is 40.9. The molecule has 4 rings (SSSR count). The van der Waals surface area contributed by atoms with Crippen molar-refractivity contribution in [1.82, 2.24) is 10.2 Å². The number of Topliss-reactive ketones (excluding diaryl/α,β-unsaturated/α-hetero) is 1. The number of nitrogens with zero attached hydrogens (tertiary/aromatic N) is 2. The lowest BCUT2D eigenvalue weighted by atomic mass is 9.83. The van der Waals surface area contributed by atoms with Crippen LogP contribution in [0.25, 0.3) is 0 Å². The zero-order chi connectivity index (χ0) is 48.6. The van der Waals surface area contributed by atoms with E-state index in [4.69, 9.17) is 41.2 Å². The molecule has 0 spiro atoms. The summed E-state index contributed by atoms with van der Waals surface area (Å²) in [6.07, 6.45) is 0.645. The number of carbonyl (C=O) groups excluding carboxylic acids is 5. The monoisotopic (exact) mass is 970 g/mol. The third kappa shape index (κ3) is 13.8. The highest BCUT2D eigenvalue weighted by Gasteiger charge is 2.64. The van der Waals surface area contributed by atoms with E-state index in [2.05, 4.69) is 10.2 Å². The van der Waals surface area contributed by atoms with E-state index in [0.717, 1.165) is 11.1 Å². The number of fused-ring (bicyclic) bond motifs is 5. The number of esters is 1. The molecule has 18 nitrogen and oxygen atoms in total. The number of ether oxygens (including phenoxy) is 5. The number of carboxylic acids is 1. The van der Waals surface area contributed by atoms with Crippen LogP contribution in [0.2, 0.25) is 5.02 Å². The Balaban J connectivity index is 1.57. The number of benzene rings is 1. The van der Waals surface area contributed by atoms with Gasteiger partial charge in [-0.15, -0.1) is 0 Å². The lowest BCUT2D eigenvalue weighted by Gasteiger charge is -2.42. The molecule has 1 aromatic rings. The van der Waals surface area contributed by atoms with E-state index >= 15 is 0 Å². The number of amides is 3. The van der Waals surface area contributed by atoms with E-state index in [0.29, 0.717) is 24.3 Å². The molecule has 0 aliphatic carbocycles. The first-order chi connectivity index (χ1) is 30.4. The zero-order valence-electron chi connectivity index (χ0n) is 38.5. The Kier molecular flexibility index (Phi) is 18.8. The number of rotatable bonds is 17. The summed E-state index contributed by atoms with van der Waals surface area (Å²) in [5.41, 5.74) is -1.14. The van der Waals surface area contributed by atoms with E-state index in [-0.39, 0.29) is 49.0 Å². The highest BCUT2D eigenvalue weighted by Crippen LogP contribution is 2.49. The topological polar surface area (TPSA) is 246 Å². The number of ketones is 1. The maximum atomic E-state index is 14.3. The molecule has 3 aliphatic rings. The van der Waals surface area contributed by atoms with Gasteiger partial charge in [-0.25, -0.2) is 15.5 Å². The Morgan fingerprint density at radius 2 is 1.89 bits per heavy atom. The molecule has 65 heavy (non-hydrogen) atoms. The number of anilines is 1. The van der Waals surface area contributed by atoms with Crippen molar-refractivity contribution in [3.63, 3.8) is 0 Å². The van der Waals surface area contributed by atoms with Crippen LogP contribution in [0, 0.1) is 11.8 Å². The summed E-state index contributed by atoms with van der Waals surface area (Å²) in [6, 6.07) is 2.43. The molecule has 0 radical (unpaired) electrons. The van der Waals surface area contributed by atoms with E-state index < -0.39 is 88.1 Å². The number of hydrogen-bond acceptors (Lipinski definition) is 16. The summed E-state index contributed by atoms with van der Waals surface area (Å²) >= 11 is 6.80. The number of hydrogen-bond donors (Lipinski definition) is 4. The molecule has 0 aromatic heterocycles. The minimum Gasteiger partial charge on any atom is -0.495 e. The van der Waals surface area contributed by atoms with Crippen molar-refractivity contribution in [2.75, 3.05) is 45.6 Å². The molecule has 3 heterocycles. The van der Waals surface area contributed by atoms with Gasteiger partial charge in [0.1, 0.15) is 47.3 Å². The molecule has 362 valence electrons. The first-order valence-electron chi connectivity index (χ1n) is 21.1. The number of carboxylic acid groups (broad SMARTS) is 1. The predicted molar refractivity (Wildman–Crippen MR) is 245 cm³/mol. The molecule has 3 aliphatic heterocycles. The van der Waals surface area contributed by atoms with Crippen LogP contribution in [0.4, 0.5) is 10.5 Å². The van der Waals surface area contributed by atoms with Gasteiger partial charge in [-0.2, -0.15) is 0 Å². The largest absolute Gasteiger partial charge is 0.495 e. The predicted octanol–water partition coefficient (Wildman–Crippen LogP) is 5.01. The first kappa shape index (κ1) is 53.7. The van der Waals surface area contributed by atoms with Gasteiger partial charge in [0.15, 0.2) is 11.5 Å². The number of likely N-dealkylation sites (N-methyl/N-ethyl adjacent to an activating group) is 1. The maximum absolute atomic E-state index is 14.3. The van der Waals surface area contributed by atoms with E-state index in [9.17, 15) is 39.0 Å². The number of halogens is 1. The summed E-state index contributed by atoms with van der Waals surface area (Å²) in [6.45, 7) is 10.3. The quantitative estimate of drug-likeness (QED) is 0.0694. The second-order valence-electron chi connectivity index (χ2n) is 17.6. The highest BCUT2D eigenvalue weighted by molar-refractivity contribution is 8.77. The van der Waals surface area contributed by atoms with Crippen molar-refractivity contribution in [2.24, 2.45) is 17.7 Å². The number of epoxide rings is 1. The third-order valence-electron chi connectivity index (χ3n) is 12.1. The number of nitrogens with two attached hydrogens (primary N) is 1. The van der Waals surface area contributed by atoms with Crippen LogP contribution < -0.4 is 20.9 Å². The first-order valence-corrected chi connectivity index (χ1v) is 23.8. The van der Waals surface area contributed by atoms with E-state index in [1.54, 1.807) is 45.2 Å². The van der Waals surface area contributed by atoms with Crippen molar-refractivity contribution in [3.8, 4) is 5.75 Å². The number of aliphatic carboxylic acids is 1. The lowest BCUT2D eigenvalue weighted by Crippen LogP contribution is -2.63. The third-order valence-corrected chi connectivity index (χ3v) is 15.9. The summed E-state index contributed by atoms with van der Waals surface area (Å²) in [5.74, 6) is 0.700. The second kappa shape index (κ2) is 22.7. The molecule has 3 amide bonds. The number of nitrogens with one attached hydrogen (secondary N) is 1. The molecule has 21 heteroatoms. The molecule has 4 bridgehead atoms. The van der Waals surface area contributed by atoms with Crippen molar-refractivity contribution in [2.45, 2.75) is 127 Å². The van der Waals surface area contributed by atoms with Crippen LogP contribution in [0.1, 0.15) is 79.2 Å². The molecular weight excluding hydrogens is 908 g/mol. The van der Waals surface area contributed by atoms with Gasteiger partial charge >= 0.3 is 18.0 Å². The van der Waals surface area contributed by atoms with Gasteiger partial charge in [-0.3, -0.25) is 29.3 Å². The molecule has 9 unspecified atom stereocenters. The highest BCUT2D eigenvalue weighted by atomic mass is 35.5. The minimum absolute atomic E-state index is 0.0378. The van der Waals surface area contributed by atoms with Crippen LogP contribution >= 0.6 is 33.2 Å². The SMILES string of the molecule is COc1cc2cc(c1Cl)N(C)C(=O)CC(OC(=O)C(C)N(C)C(=O)CCC(C)(C)SSCC(CC(=O)CON)C(=O)O)C1(C)OC1C(C)C1CC(O)(NC(=O)O1)C(OC)/C=C/C=C(\C)C2. The fraction of sp³-hybridized carbons (Fsp3) is 0.636. The average Bonchev–Trinajstić information content (AvgIpc) is 3.94. The van der Waals surface area contributed by atoms with Crippen LogP contribution in [0.3, 0.4) is 0 Å². The molecule has 9 atom stereocenters. The molecular formula is C44H63ClN4O14S2. The Morgan fingerprint density at radius 1 is 1.20 bits per heavy atom. The number of alkyl carbamates (subject to hydrolysis) is 1. The van der Waals surface area contributed by atoms with Crippen LogP contribution in [0.15, 0.2) is 35.9 Å². The molecule has 5 N–H and O–H groups in total. The summed E-state index contributed by atoms with van der Waals surface area (Å²) in [5, 5.41) is 24.1. The number of methoxy groups -OCH3 is 2. The number of aliphatic hydroxyl groups is 1. The average molecular weight is 972 g/mol. The summed E-state index contributed by atoms with van der Waals surface area (Å²) in [4.78, 5) is 85.5. The van der Waals surface area contributed by atoms with Gasteiger partial charge in [0.05, 0.1) is 31.2 Å². The van der Waals surface area contributed by atoms with Gasteiger partial charge in [0.2, 0.25) is 11.8 Å². The lowest BCUT2D eigenvalue weighted by molar-refractivity contribution is -0.162. The van der Waals surface area contributed by atoms with Crippen molar-refractivity contribution in [1.29, 1.82) is 0 Å². The van der Waals surface area contributed by atoms with Crippen molar-refractivity contribution < 1.29 is 67.5 Å². The summed E-state index contributed by atoms with van der Waals surface area (Å²) < 4.78 is 28.9. The minimum atomic E-state index is -1.87. The van der Waals surface area contributed by atoms with E-state index in [1.165, 1.54) is 59.6 Å². The number of carbonyl (C=O) groups is 6. The normalized spacial score (nSPS) is 28.3. The van der Waals surface area contributed by atoms with Crippen LogP contribution in [-0.2, 0) is 54.2 Å². The second-order valence-corrected chi connectivity index (χ2v) is 21.0. The molecule has 2 saturated heterocycles. The fourth-order valence-corrected chi connectivity index (χ4v) is 11.0. The van der Waals surface area contributed by atoms with Crippen molar-refractivity contribution in [3.05, 3.63) is 46.5 Å². The Labute approximate surface area is 392 Å².